The molecule has 0 radical (unpaired) electrons. The van der Waals surface area contributed by atoms with Crippen LogP contribution in [0.1, 0.15) is 35.5 Å². The first-order valence-electron chi connectivity index (χ1n) is 8.67. The van der Waals surface area contributed by atoms with Crippen LogP contribution in [-0.2, 0) is 4.79 Å². The summed E-state index contributed by atoms with van der Waals surface area (Å²) in [6.45, 7) is 5.83. The minimum atomic E-state index is -0.0902. The largest absolute Gasteiger partial charge is 0.438 e. The lowest BCUT2D eigenvalue weighted by Gasteiger charge is -2.47. The Morgan fingerprint density at radius 3 is 2.54 bits per heavy atom. The molecule has 0 bridgehead atoms. The monoisotopic (exact) mass is 332 g/mol. The summed E-state index contributed by atoms with van der Waals surface area (Å²) in [4.78, 5) is 35.1. The molecule has 3 aliphatic rings. The molecule has 1 atom stereocenters. The fourth-order valence-corrected chi connectivity index (χ4v) is 4.48. The molecule has 1 spiro atoms. The maximum absolute atomic E-state index is 12.7. The van der Waals surface area contributed by atoms with Gasteiger partial charge in [0.05, 0.1) is 11.7 Å². The van der Waals surface area contributed by atoms with Crippen LogP contribution in [-0.4, -0.2) is 77.3 Å². The summed E-state index contributed by atoms with van der Waals surface area (Å²) in [7, 11) is 2.03. The van der Waals surface area contributed by atoms with Crippen molar-refractivity contribution in [3.63, 3.8) is 0 Å². The van der Waals surface area contributed by atoms with E-state index in [-0.39, 0.29) is 23.3 Å². The third kappa shape index (κ3) is 2.42. The molecule has 1 unspecified atom stereocenters. The fourth-order valence-electron chi connectivity index (χ4n) is 4.48. The summed E-state index contributed by atoms with van der Waals surface area (Å²) >= 11 is 0. The lowest BCUT2D eigenvalue weighted by atomic mass is 9.77. The molecule has 1 aromatic heterocycles. The molecular weight excluding hydrogens is 308 g/mol. The van der Waals surface area contributed by atoms with E-state index in [0.717, 1.165) is 38.9 Å². The number of rotatable bonds is 2. The smallest absolute Gasteiger partial charge is 0.291 e. The number of aryl methyl sites for hydroxylation is 1. The van der Waals surface area contributed by atoms with Gasteiger partial charge in [0.2, 0.25) is 11.7 Å². The number of oxazole rings is 1. The standard InChI is InChI=1S/C17H24N4O3/c1-12-14(24-11-18-12)16(23)21-9-17(10-21)7-13(19(2)8-17)15(22)20-5-3-4-6-20/h11,13H,3-10H2,1-2H3. The van der Waals surface area contributed by atoms with Gasteiger partial charge in [0.15, 0.2) is 6.39 Å². The third-order valence-corrected chi connectivity index (χ3v) is 5.73. The number of carbonyl (C=O) groups excluding carboxylic acids is 2. The minimum absolute atomic E-state index is 0.0348. The third-order valence-electron chi connectivity index (χ3n) is 5.73. The number of likely N-dealkylation sites (tertiary alicyclic amines) is 3. The van der Waals surface area contributed by atoms with Crippen molar-refractivity contribution in [1.29, 1.82) is 0 Å². The molecule has 130 valence electrons. The summed E-state index contributed by atoms with van der Waals surface area (Å²) < 4.78 is 5.21. The second-order valence-electron chi connectivity index (χ2n) is 7.60. The molecule has 0 aliphatic carbocycles. The molecule has 3 aliphatic heterocycles. The summed E-state index contributed by atoms with van der Waals surface area (Å²) in [6, 6.07) is -0.0348. The SMILES string of the molecule is Cc1ncoc1C(=O)N1CC2(CC(C(=O)N3CCCC3)N(C)C2)C1. The van der Waals surface area contributed by atoms with Gasteiger partial charge in [0.1, 0.15) is 0 Å². The van der Waals surface area contributed by atoms with Crippen LogP contribution in [0.5, 0.6) is 0 Å². The van der Waals surface area contributed by atoms with Crippen molar-refractivity contribution in [2.24, 2.45) is 5.41 Å². The highest BCUT2D eigenvalue weighted by Crippen LogP contribution is 2.43. The Bertz CT molecular complexity index is 659. The molecule has 0 aromatic carbocycles. The van der Waals surface area contributed by atoms with E-state index in [9.17, 15) is 9.59 Å². The van der Waals surface area contributed by atoms with E-state index < -0.39 is 0 Å². The highest BCUT2D eigenvalue weighted by molar-refractivity contribution is 5.93. The van der Waals surface area contributed by atoms with E-state index in [4.69, 9.17) is 4.42 Å². The summed E-state index contributed by atoms with van der Waals surface area (Å²) in [5.74, 6) is 0.510. The van der Waals surface area contributed by atoms with Crippen LogP contribution in [0.3, 0.4) is 0 Å². The highest BCUT2D eigenvalue weighted by atomic mass is 16.3. The minimum Gasteiger partial charge on any atom is -0.438 e. The van der Waals surface area contributed by atoms with Gasteiger partial charge >= 0.3 is 0 Å². The summed E-state index contributed by atoms with van der Waals surface area (Å²) in [6.07, 6.45) is 4.39. The Labute approximate surface area is 141 Å². The predicted octanol–water partition coefficient (Wildman–Crippen LogP) is 0.752. The van der Waals surface area contributed by atoms with Crippen LogP contribution in [0.15, 0.2) is 10.8 Å². The van der Waals surface area contributed by atoms with Crippen molar-refractivity contribution in [2.75, 3.05) is 39.8 Å². The molecule has 3 saturated heterocycles. The Balaban J connectivity index is 1.39. The molecule has 4 heterocycles. The number of amides is 2. The predicted molar refractivity (Wildman–Crippen MR) is 86.4 cm³/mol. The number of hydrogen-bond acceptors (Lipinski definition) is 5. The van der Waals surface area contributed by atoms with E-state index >= 15 is 0 Å². The molecule has 0 N–H and O–H groups in total. The van der Waals surface area contributed by atoms with Crippen LogP contribution in [0.4, 0.5) is 0 Å². The Morgan fingerprint density at radius 2 is 1.92 bits per heavy atom. The first kappa shape index (κ1) is 15.6. The molecule has 2 amide bonds. The second-order valence-corrected chi connectivity index (χ2v) is 7.60. The molecule has 3 fully saturated rings. The zero-order valence-electron chi connectivity index (χ0n) is 14.3. The van der Waals surface area contributed by atoms with Crippen molar-refractivity contribution < 1.29 is 14.0 Å². The second kappa shape index (κ2) is 5.58. The number of nitrogens with zero attached hydrogens (tertiary/aromatic N) is 4. The lowest BCUT2D eigenvalue weighted by Crippen LogP contribution is -2.59. The van der Waals surface area contributed by atoms with Crippen molar-refractivity contribution in [1.82, 2.24) is 19.7 Å². The Hall–Kier alpha value is -1.89. The first-order chi connectivity index (χ1) is 11.5. The maximum Gasteiger partial charge on any atom is 0.291 e. The van der Waals surface area contributed by atoms with Crippen LogP contribution in [0, 0.1) is 12.3 Å². The van der Waals surface area contributed by atoms with Crippen LogP contribution in [0.25, 0.3) is 0 Å². The van der Waals surface area contributed by atoms with Gasteiger partial charge in [-0.15, -0.1) is 0 Å². The van der Waals surface area contributed by atoms with Gasteiger partial charge in [0.25, 0.3) is 5.91 Å². The number of hydrogen-bond donors (Lipinski definition) is 0. The zero-order chi connectivity index (χ0) is 16.9. The summed E-state index contributed by atoms with van der Waals surface area (Å²) in [5.41, 5.74) is 0.685. The van der Waals surface area contributed by atoms with Gasteiger partial charge in [-0.25, -0.2) is 4.98 Å². The van der Waals surface area contributed by atoms with Gasteiger partial charge in [-0.3, -0.25) is 14.5 Å². The molecule has 7 heteroatoms. The zero-order valence-corrected chi connectivity index (χ0v) is 14.3. The van der Waals surface area contributed by atoms with Gasteiger partial charge in [0, 0.05) is 38.1 Å². The molecule has 1 aromatic rings. The molecule has 0 saturated carbocycles. The van der Waals surface area contributed by atoms with E-state index in [1.165, 1.54) is 6.39 Å². The normalized spacial score (nSPS) is 26.2. The van der Waals surface area contributed by atoms with Crippen LogP contribution < -0.4 is 0 Å². The van der Waals surface area contributed by atoms with Crippen molar-refractivity contribution in [3.05, 3.63) is 17.8 Å². The molecule has 4 rings (SSSR count). The molecule has 24 heavy (non-hydrogen) atoms. The number of aromatic nitrogens is 1. The average molecular weight is 332 g/mol. The summed E-state index contributed by atoms with van der Waals surface area (Å²) in [5, 5.41) is 0. The number of carbonyl (C=O) groups is 2. The maximum atomic E-state index is 12.7. The van der Waals surface area contributed by atoms with Gasteiger partial charge < -0.3 is 14.2 Å². The number of likely N-dealkylation sites (N-methyl/N-ethyl adjacent to an activating group) is 1. The van der Waals surface area contributed by atoms with E-state index in [0.29, 0.717) is 24.5 Å². The highest BCUT2D eigenvalue weighted by Gasteiger charge is 2.54. The van der Waals surface area contributed by atoms with Gasteiger partial charge in [-0.05, 0) is 33.2 Å². The molecule has 7 nitrogen and oxygen atoms in total. The van der Waals surface area contributed by atoms with Crippen molar-refractivity contribution in [2.45, 2.75) is 32.2 Å². The lowest BCUT2D eigenvalue weighted by molar-refractivity contribution is -0.134. The fraction of sp³-hybridized carbons (Fsp3) is 0.706. The quantitative estimate of drug-likeness (QED) is 0.799. The van der Waals surface area contributed by atoms with E-state index in [1.807, 2.05) is 16.8 Å². The topological polar surface area (TPSA) is 69.9 Å². The van der Waals surface area contributed by atoms with Crippen molar-refractivity contribution >= 4 is 11.8 Å². The average Bonchev–Trinajstić information content (AvgIpc) is 3.23. The Morgan fingerprint density at radius 1 is 1.21 bits per heavy atom. The van der Waals surface area contributed by atoms with E-state index in [2.05, 4.69) is 9.88 Å². The first-order valence-corrected chi connectivity index (χ1v) is 8.67. The molecular formula is C17H24N4O3. The Kier molecular flexibility index (Phi) is 3.63. The van der Waals surface area contributed by atoms with Gasteiger partial charge in [-0.1, -0.05) is 0 Å². The van der Waals surface area contributed by atoms with E-state index in [1.54, 1.807) is 6.92 Å². The van der Waals surface area contributed by atoms with Crippen LogP contribution in [0.2, 0.25) is 0 Å². The van der Waals surface area contributed by atoms with Crippen molar-refractivity contribution in [3.8, 4) is 0 Å². The van der Waals surface area contributed by atoms with Gasteiger partial charge in [-0.2, -0.15) is 0 Å². The van der Waals surface area contributed by atoms with Crippen LogP contribution >= 0.6 is 0 Å².